The van der Waals surface area contributed by atoms with Crippen molar-refractivity contribution in [3.8, 4) is 0 Å². The Morgan fingerprint density at radius 3 is 2.40 bits per heavy atom. The minimum atomic E-state index is -0.851. The van der Waals surface area contributed by atoms with Crippen molar-refractivity contribution < 1.29 is 19.4 Å². The van der Waals surface area contributed by atoms with Gasteiger partial charge in [-0.1, -0.05) is 20.3 Å². The van der Waals surface area contributed by atoms with Crippen LogP contribution in [0.1, 0.15) is 46.0 Å². The molecule has 1 heterocycles. The van der Waals surface area contributed by atoms with Gasteiger partial charge in [0, 0.05) is 25.7 Å². The molecule has 20 heavy (non-hydrogen) atoms. The molecule has 0 bridgehead atoms. The first-order chi connectivity index (χ1) is 9.37. The monoisotopic (exact) mass is 283 g/mol. The predicted molar refractivity (Wildman–Crippen MR) is 74.3 cm³/mol. The normalized spacial score (nSPS) is 28.0. The summed E-state index contributed by atoms with van der Waals surface area (Å²) in [6.45, 7) is 5.36. The largest absolute Gasteiger partial charge is 0.481 e. The fraction of sp³-hybridized carbons (Fsp3) is 0.867. The molecule has 0 aromatic rings. The summed E-state index contributed by atoms with van der Waals surface area (Å²) >= 11 is 0. The summed E-state index contributed by atoms with van der Waals surface area (Å²) in [4.78, 5) is 23.9. The third-order valence-electron chi connectivity index (χ3n) is 5.08. The summed E-state index contributed by atoms with van der Waals surface area (Å²) in [6.07, 6.45) is 3.97. The van der Waals surface area contributed by atoms with Crippen molar-refractivity contribution in [1.29, 1.82) is 0 Å². The Labute approximate surface area is 120 Å². The summed E-state index contributed by atoms with van der Waals surface area (Å²) in [5, 5.41) is 12.4. The van der Waals surface area contributed by atoms with E-state index in [1.165, 1.54) is 0 Å². The van der Waals surface area contributed by atoms with Crippen molar-refractivity contribution in [2.24, 2.45) is 16.7 Å². The number of rotatable bonds is 4. The lowest BCUT2D eigenvalue weighted by atomic mass is 9.79. The van der Waals surface area contributed by atoms with Crippen LogP contribution in [0.4, 0.5) is 0 Å². The van der Waals surface area contributed by atoms with Gasteiger partial charge >= 0.3 is 5.97 Å². The fourth-order valence-electron chi connectivity index (χ4n) is 3.42. The van der Waals surface area contributed by atoms with Gasteiger partial charge in [0.15, 0.2) is 0 Å². The second kappa shape index (κ2) is 5.72. The Morgan fingerprint density at radius 2 is 1.90 bits per heavy atom. The van der Waals surface area contributed by atoms with Gasteiger partial charge in [-0.3, -0.25) is 9.59 Å². The van der Waals surface area contributed by atoms with Crippen LogP contribution in [0, 0.1) is 16.7 Å². The van der Waals surface area contributed by atoms with Crippen molar-refractivity contribution in [1.82, 2.24) is 5.32 Å². The molecule has 1 unspecified atom stereocenters. The number of carboxylic acid groups (broad SMARTS) is 1. The number of hydrogen-bond donors (Lipinski definition) is 2. The van der Waals surface area contributed by atoms with Crippen LogP contribution in [-0.2, 0) is 14.3 Å². The highest BCUT2D eigenvalue weighted by molar-refractivity contribution is 5.81. The topological polar surface area (TPSA) is 75.6 Å². The summed E-state index contributed by atoms with van der Waals surface area (Å²) in [7, 11) is 0. The Morgan fingerprint density at radius 1 is 1.25 bits per heavy atom. The maximum absolute atomic E-state index is 12.3. The van der Waals surface area contributed by atoms with Crippen LogP contribution in [-0.4, -0.2) is 36.7 Å². The van der Waals surface area contributed by atoms with E-state index in [0.717, 1.165) is 19.3 Å². The van der Waals surface area contributed by atoms with Crippen molar-refractivity contribution in [3.63, 3.8) is 0 Å². The number of hydrogen-bond acceptors (Lipinski definition) is 3. The third-order valence-corrected chi connectivity index (χ3v) is 5.08. The maximum Gasteiger partial charge on any atom is 0.311 e. The average molecular weight is 283 g/mol. The zero-order chi connectivity index (χ0) is 14.8. The van der Waals surface area contributed by atoms with Crippen LogP contribution in [0.15, 0.2) is 0 Å². The van der Waals surface area contributed by atoms with Gasteiger partial charge in [-0.2, -0.15) is 0 Å². The number of carbonyl (C=O) groups excluding carboxylic acids is 1. The van der Waals surface area contributed by atoms with Crippen LogP contribution in [0.5, 0.6) is 0 Å². The first-order valence-electron chi connectivity index (χ1n) is 7.46. The molecular weight excluding hydrogens is 258 g/mol. The van der Waals surface area contributed by atoms with Gasteiger partial charge in [-0.15, -0.1) is 0 Å². The lowest BCUT2D eigenvalue weighted by molar-refractivity contribution is -0.154. The molecule has 114 valence electrons. The molecule has 1 aliphatic heterocycles. The summed E-state index contributed by atoms with van der Waals surface area (Å²) in [5.41, 5.74) is -0.827. The molecule has 5 nitrogen and oxygen atoms in total. The molecule has 0 aromatic carbocycles. The Balaban J connectivity index is 1.96. The van der Waals surface area contributed by atoms with E-state index in [1.54, 1.807) is 0 Å². The molecule has 0 aromatic heterocycles. The summed E-state index contributed by atoms with van der Waals surface area (Å²) in [6, 6.07) is 0. The van der Waals surface area contributed by atoms with Crippen molar-refractivity contribution in [2.75, 3.05) is 19.8 Å². The molecule has 1 saturated carbocycles. The van der Waals surface area contributed by atoms with E-state index in [4.69, 9.17) is 4.74 Å². The highest BCUT2D eigenvalue weighted by atomic mass is 16.5. The van der Waals surface area contributed by atoms with E-state index in [-0.39, 0.29) is 23.8 Å². The van der Waals surface area contributed by atoms with Gasteiger partial charge in [0.25, 0.3) is 0 Å². The standard InChI is InChI=1S/C15H25NO4/c1-14(2)5-3-4-11(14)12(17)16-10-15(13(18)19)6-8-20-9-7-15/h11H,3-10H2,1-2H3,(H,16,17)(H,18,19). The molecule has 1 aliphatic carbocycles. The van der Waals surface area contributed by atoms with Crippen molar-refractivity contribution in [3.05, 3.63) is 0 Å². The van der Waals surface area contributed by atoms with Gasteiger partial charge < -0.3 is 15.2 Å². The first-order valence-corrected chi connectivity index (χ1v) is 7.46. The van der Waals surface area contributed by atoms with E-state index in [0.29, 0.717) is 26.1 Å². The van der Waals surface area contributed by atoms with Crippen LogP contribution >= 0.6 is 0 Å². The molecule has 0 radical (unpaired) electrons. The van der Waals surface area contributed by atoms with E-state index in [2.05, 4.69) is 19.2 Å². The smallest absolute Gasteiger partial charge is 0.311 e. The second-order valence-electron chi connectivity index (χ2n) is 6.85. The number of ether oxygens (including phenoxy) is 1. The van der Waals surface area contributed by atoms with Crippen LogP contribution in [0.2, 0.25) is 0 Å². The van der Waals surface area contributed by atoms with Crippen LogP contribution in [0.3, 0.4) is 0 Å². The average Bonchev–Trinajstić information content (AvgIpc) is 2.76. The van der Waals surface area contributed by atoms with Crippen molar-refractivity contribution >= 4 is 11.9 Å². The quantitative estimate of drug-likeness (QED) is 0.825. The lowest BCUT2D eigenvalue weighted by Gasteiger charge is -2.34. The lowest BCUT2D eigenvalue weighted by Crippen LogP contribution is -2.48. The molecule has 2 rings (SSSR count). The highest BCUT2D eigenvalue weighted by Crippen LogP contribution is 2.42. The number of carboxylic acids is 1. The molecule has 0 spiro atoms. The number of carbonyl (C=O) groups is 2. The second-order valence-corrected chi connectivity index (χ2v) is 6.85. The SMILES string of the molecule is CC1(C)CCCC1C(=O)NCC1(C(=O)O)CCOCC1. The zero-order valence-corrected chi connectivity index (χ0v) is 12.4. The fourth-order valence-corrected chi connectivity index (χ4v) is 3.42. The van der Waals surface area contributed by atoms with Crippen LogP contribution in [0.25, 0.3) is 0 Å². The van der Waals surface area contributed by atoms with Crippen LogP contribution < -0.4 is 5.32 Å². The Bertz CT molecular complexity index is 385. The predicted octanol–water partition coefficient (Wildman–Crippen LogP) is 1.81. The van der Waals surface area contributed by atoms with E-state index in [1.807, 2.05) is 0 Å². The van der Waals surface area contributed by atoms with E-state index in [9.17, 15) is 14.7 Å². The van der Waals surface area contributed by atoms with E-state index < -0.39 is 11.4 Å². The van der Waals surface area contributed by atoms with Gasteiger partial charge in [0.1, 0.15) is 0 Å². The molecule has 2 fully saturated rings. The highest BCUT2D eigenvalue weighted by Gasteiger charge is 2.43. The molecule has 1 amide bonds. The van der Waals surface area contributed by atoms with Gasteiger partial charge in [-0.05, 0) is 31.1 Å². The summed E-state index contributed by atoms with van der Waals surface area (Å²) < 4.78 is 5.24. The molecule has 2 aliphatic rings. The van der Waals surface area contributed by atoms with Gasteiger partial charge in [0.2, 0.25) is 5.91 Å². The van der Waals surface area contributed by atoms with E-state index >= 15 is 0 Å². The zero-order valence-electron chi connectivity index (χ0n) is 12.4. The molecule has 1 atom stereocenters. The molecule has 2 N–H and O–H groups in total. The minimum Gasteiger partial charge on any atom is -0.481 e. The maximum atomic E-state index is 12.3. The first kappa shape index (κ1) is 15.3. The third kappa shape index (κ3) is 2.97. The van der Waals surface area contributed by atoms with Crippen molar-refractivity contribution in [2.45, 2.75) is 46.0 Å². The molecule has 1 saturated heterocycles. The number of aliphatic carboxylic acids is 1. The minimum absolute atomic E-state index is 0.00758. The van der Waals surface area contributed by atoms with Gasteiger partial charge in [-0.25, -0.2) is 0 Å². The van der Waals surface area contributed by atoms with Gasteiger partial charge in [0.05, 0.1) is 5.41 Å². The Kier molecular flexibility index (Phi) is 4.37. The number of nitrogens with one attached hydrogen (secondary N) is 1. The summed E-state index contributed by atoms with van der Waals surface area (Å²) in [5.74, 6) is -0.806. The number of amides is 1. The Hall–Kier alpha value is -1.10. The molecule has 5 heteroatoms. The molecular formula is C15H25NO4.